The van der Waals surface area contributed by atoms with Gasteiger partial charge in [0.05, 0.1) is 12.7 Å². The Balaban J connectivity index is 1.74. The molecule has 156 valence electrons. The first kappa shape index (κ1) is 21.6. The van der Waals surface area contributed by atoms with E-state index in [2.05, 4.69) is 6.92 Å². The van der Waals surface area contributed by atoms with Crippen molar-refractivity contribution in [1.82, 2.24) is 0 Å². The number of halogens is 3. The van der Waals surface area contributed by atoms with Crippen LogP contribution in [0.3, 0.4) is 0 Å². The summed E-state index contributed by atoms with van der Waals surface area (Å²) in [4.78, 5) is 0. The first-order valence-electron chi connectivity index (χ1n) is 10.6. The molecule has 0 spiro atoms. The number of ether oxygens (including phenoxy) is 1. The predicted molar refractivity (Wildman–Crippen MR) is 112 cm³/mol. The summed E-state index contributed by atoms with van der Waals surface area (Å²) in [5.41, 5.74) is 1.17. The molecule has 3 rings (SSSR count). The molecule has 29 heavy (non-hydrogen) atoms. The maximum absolute atomic E-state index is 14.8. The smallest absolute Gasteiger partial charge is 0.166 e. The number of unbranched alkanes of at least 4 members (excludes halogenated alkanes) is 2. The molecule has 0 aliphatic carbocycles. The molecule has 0 aromatic heterocycles. The fourth-order valence-electron chi connectivity index (χ4n) is 4.01. The van der Waals surface area contributed by atoms with Gasteiger partial charge in [-0.25, -0.2) is 13.2 Å². The average molecular weight is 403 g/mol. The van der Waals surface area contributed by atoms with Gasteiger partial charge in [-0.05, 0) is 43.4 Å². The molecule has 0 radical (unpaired) electrons. The van der Waals surface area contributed by atoms with Crippen LogP contribution in [0.4, 0.5) is 13.2 Å². The molecule has 1 fully saturated rings. The number of hydrogen-bond donors (Lipinski definition) is 0. The molecular weight excluding hydrogens is 373 g/mol. The van der Waals surface area contributed by atoms with E-state index in [1.807, 2.05) is 0 Å². The fourth-order valence-corrected chi connectivity index (χ4v) is 4.01. The van der Waals surface area contributed by atoms with E-state index in [0.717, 1.165) is 25.7 Å². The van der Waals surface area contributed by atoms with Crippen LogP contribution in [0.2, 0.25) is 0 Å². The molecule has 1 nitrogen and oxygen atoms in total. The van der Waals surface area contributed by atoms with Gasteiger partial charge in [0, 0.05) is 17.0 Å². The average Bonchev–Trinajstić information content (AvgIpc) is 2.73. The van der Waals surface area contributed by atoms with Crippen molar-refractivity contribution in [2.45, 2.75) is 64.4 Å². The van der Waals surface area contributed by atoms with Crippen molar-refractivity contribution in [2.75, 3.05) is 6.61 Å². The highest BCUT2D eigenvalue weighted by Crippen LogP contribution is 2.35. The Morgan fingerprint density at radius 2 is 1.86 bits per heavy atom. The Morgan fingerprint density at radius 3 is 2.52 bits per heavy atom. The lowest BCUT2D eigenvalue weighted by molar-refractivity contribution is -0.00277. The molecule has 2 atom stereocenters. The Bertz CT molecular complexity index is 851. The monoisotopic (exact) mass is 402 g/mol. The fraction of sp³-hybridized carbons (Fsp3) is 0.440. The summed E-state index contributed by atoms with van der Waals surface area (Å²) in [7, 11) is 0. The Morgan fingerprint density at radius 1 is 1.03 bits per heavy atom. The van der Waals surface area contributed by atoms with Crippen molar-refractivity contribution >= 4 is 6.08 Å². The second-order valence-electron chi connectivity index (χ2n) is 7.79. The summed E-state index contributed by atoms with van der Waals surface area (Å²) < 4.78 is 49.8. The maximum Gasteiger partial charge on any atom is 0.166 e. The van der Waals surface area contributed by atoms with Crippen molar-refractivity contribution in [3.05, 3.63) is 65.0 Å². The molecule has 1 saturated heterocycles. The third kappa shape index (κ3) is 5.11. The largest absolute Gasteiger partial charge is 0.378 e. The zero-order valence-corrected chi connectivity index (χ0v) is 17.2. The highest BCUT2D eigenvalue weighted by molar-refractivity contribution is 5.67. The van der Waals surface area contributed by atoms with E-state index in [1.54, 1.807) is 43.3 Å². The quantitative estimate of drug-likeness (QED) is 0.432. The summed E-state index contributed by atoms with van der Waals surface area (Å²) >= 11 is 0. The lowest BCUT2D eigenvalue weighted by Gasteiger charge is -2.29. The molecule has 0 bridgehead atoms. The van der Waals surface area contributed by atoms with E-state index in [9.17, 15) is 13.2 Å². The van der Waals surface area contributed by atoms with Crippen LogP contribution >= 0.6 is 0 Å². The van der Waals surface area contributed by atoms with Crippen molar-refractivity contribution < 1.29 is 17.9 Å². The summed E-state index contributed by atoms with van der Waals surface area (Å²) in [6.07, 6.45) is 9.80. The van der Waals surface area contributed by atoms with Crippen LogP contribution in [-0.2, 0) is 4.74 Å². The van der Waals surface area contributed by atoms with Crippen LogP contribution in [0, 0.1) is 17.5 Å². The third-order valence-electron chi connectivity index (χ3n) is 5.71. The first-order valence-corrected chi connectivity index (χ1v) is 10.6. The molecule has 2 unspecified atom stereocenters. The summed E-state index contributed by atoms with van der Waals surface area (Å²) in [6, 6.07) is 7.60. The molecule has 0 N–H and O–H groups in total. The van der Waals surface area contributed by atoms with Crippen molar-refractivity contribution in [1.29, 1.82) is 0 Å². The van der Waals surface area contributed by atoms with Crippen molar-refractivity contribution in [3.8, 4) is 11.1 Å². The van der Waals surface area contributed by atoms with Gasteiger partial charge in [-0.1, -0.05) is 62.6 Å². The minimum absolute atomic E-state index is 0.0753. The lowest BCUT2D eigenvalue weighted by Crippen LogP contribution is -2.25. The second kappa shape index (κ2) is 10.1. The van der Waals surface area contributed by atoms with E-state index in [1.165, 1.54) is 18.9 Å². The van der Waals surface area contributed by atoms with E-state index in [0.29, 0.717) is 23.3 Å². The molecule has 0 amide bonds. The van der Waals surface area contributed by atoms with E-state index in [4.69, 9.17) is 4.74 Å². The van der Waals surface area contributed by atoms with Gasteiger partial charge in [0.25, 0.3) is 0 Å². The molecule has 0 saturated carbocycles. The third-order valence-corrected chi connectivity index (χ3v) is 5.71. The molecule has 2 aromatic rings. The zero-order chi connectivity index (χ0) is 20.8. The van der Waals surface area contributed by atoms with Crippen LogP contribution in [0.25, 0.3) is 17.2 Å². The molecule has 1 aliphatic rings. The highest BCUT2D eigenvalue weighted by Gasteiger charge is 2.27. The van der Waals surface area contributed by atoms with Crippen LogP contribution in [0.5, 0.6) is 0 Å². The molecule has 1 aliphatic heterocycles. The van der Waals surface area contributed by atoms with Gasteiger partial charge in [-0.3, -0.25) is 0 Å². The van der Waals surface area contributed by atoms with Gasteiger partial charge in [-0.15, -0.1) is 0 Å². The number of allylic oxidation sites excluding steroid dienone is 1. The van der Waals surface area contributed by atoms with Gasteiger partial charge >= 0.3 is 0 Å². The standard InChI is InChI=1S/C25H29F3O/c1-3-5-6-8-20-12-11-19(16-29-20)22-14-13-21(24(27)25(22)28)18-10-9-17(7-4-2)23(26)15-18/h4,7,9-10,13-15,19-20H,3,5-6,8,11-12,16H2,1-2H3/b7-4+. The normalized spacial score (nSPS) is 19.8. The van der Waals surface area contributed by atoms with Crippen LogP contribution < -0.4 is 0 Å². The van der Waals surface area contributed by atoms with E-state index in [-0.39, 0.29) is 17.6 Å². The predicted octanol–water partition coefficient (Wildman–Crippen LogP) is 7.65. The topological polar surface area (TPSA) is 9.23 Å². The minimum Gasteiger partial charge on any atom is -0.378 e. The van der Waals surface area contributed by atoms with Gasteiger partial charge in [0.1, 0.15) is 5.82 Å². The zero-order valence-electron chi connectivity index (χ0n) is 17.2. The van der Waals surface area contributed by atoms with Gasteiger partial charge in [-0.2, -0.15) is 0 Å². The van der Waals surface area contributed by atoms with Crippen molar-refractivity contribution in [2.24, 2.45) is 0 Å². The second-order valence-corrected chi connectivity index (χ2v) is 7.79. The summed E-state index contributed by atoms with van der Waals surface area (Å²) in [5.74, 6) is -2.38. The Kier molecular flexibility index (Phi) is 7.54. The van der Waals surface area contributed by atoms with Crippen LogP contribution in [-0.4, -0.2) is 12.7 Å². The summed E-state index contributed by atoms with van der Waals surface area (Å²) in [5, 5.41) is 0. The Labute approximate surface area is 171 Å². The summed E-state index contributed by atoms with van der Waals surface area (Å²) in [6.45, 7) is 4.38. The highest BCUT2D eigenvalue weighted by atomic mass is 19.2. The van der Waals surface area contributed by atoms with Gasteiger partial charge < -0.3 is 4.74 Å². The maximum atomic E-state index is 14.8. The molecule has 2 aromatic carbocycles. The molecule has 4 heteroatoms. The molecular formula is C25H29F3O. The Hall–Kier alpha value is -2.07. The number of rotatable bonds is 7. The van der Waals surface area contributed by atoms with Gasteiger partial charge in [0.2, 0.25) is 0 Å². The van der Waals surface area contributed by atoms with Crippen LogP contribution in [0.15, 0.2) is 36.4 Å². The van der Waals surface area contributed by atoms with E-state index < -0.39 is 17.5 Å². The number of hydrogen-bond acceptors (Lipinski definition) is 1. The van der Waals surface area contributed by atoms with Gasteiger partial charge in [0.15, 0.2) is 11.6 Å². The molecule has 1 heterocycles. The minimum atomic E-state index is -0.925. The van der Waals surface area contributed by atoms with E-state index >= 15 is 0 Å². The number of benzene rings is 2. The van der Waals surface area contributed by atoms with Crippen molar-refractivity contribution in [3.63, 3.8) is 0 Å². The van der Waals surface area contributed by atoms with Crippen LogP contribution in [0.1, 0.15) is 69.4 Å². The lowest BCUT2D eigenvalue weighted by atomic mass is 9.88. The SMILES string of the molecule is C/C=C/c1ccc(-c2ccc(C3CCC(CCCCC)OC3)c(F)c2F)cc1F. The first-order chi connectivity index (χ1) is 14.0.